The van der Waals surface area contributed by atoms with Gasteiger partial charge >= 0.3 is 0 Å². The summed E-state index contributed by atoms with van der Waals surface area (Å²) in [5, 5.41) is 14.2. The number of rotatable bonds is 3. The first-order valence-electron chi connectivity index (χ1n) is 8.27. The molecular weight excluding hydrogens is 284 g/mol. The molecule has 0 bridgehead atoms. The summed E-state index contributed by atoms with van der Waals surface area (Å²) in [7, 11) is 0. The summed E-state index contributed by atoms with van der Waals surface area (Å²) >= 11 is 0. The van der Waals surface area contributed by atoms with E-state index in [1.807, 2.05) is 4.90 Å². The first-order chi connectivity index (χ1) is 10.7. The highest BCUT2D eigenvalue weighted by atomic mass is 16.5. The molecule has 3 atom stereocenters. The number of carbonyl (C=O) groups is 1. The van der Waals surface area contributed by atoms with Gasteiger partial charge in [0.15, 0.2) is 0 Å². The molecule has 1 aromatic rings. The Hall–Kier alpha value is -1.40. The maximum Gasteiger partial charge on any atom is 0.292 e. The Morgan fingerprint density at radius 1 is 1.32 bits per heavy atom. The fourth-order valence-corrected chi connectivity index (χ4v) is 3.75. The molecule has 120 valence electrons. The summed E-state index contributed by atoms with van der Waals surface area (Å²) in [6.07, 6.45) is 4.71. The van der Waals surface area contributed by atoms with E-state index < -0.39 is 0 Å². The molecule has 1 N–H and O–H groups in total. The molecule has 2 heterocycles. The molecule has 3 fully saturated rings. The second kappa shape index (κ2) is 5.66. The minimum atomic E-state index is -0.334. The minimum absolute atomic E-state index is 0.0618. The zero-order valence-electron chi connectivity index (χ0n) is 12.6. The number of amides is 1. The number of ether oxygens (including phenoxy) is 1. The number of hydrogen-bond donors (Lipinski definition) is 1. The van der Waals surface area contributed by atoms with Crippen molar-refractivity contribution in [1.82, 2.24) is 10.1 Å². The Labute approximate surface area is 129 Å². The molecule has 6 nitrogen and oxygen atoms in total. The lowest BCUT2D eigenvalue weighted by molar-refractivity contribution is -0.0396. The molecule has 1 amide bonds. The van der Waals surface area contributed by atoms with Crippen molar-refractivity contribution in [2.24, 2.45) is 5.92 Å². The normalized spacial score (nSPS) is 32.4. The zero-order chi connectivity index (χ0) is 15.1. The molecule has 4 rings (SSSR count). The van der Waals surface area contributed by atoms with E-state index in [4.69, 9.17) is 9.26 Å². The molecule has 1 aromatic heterocycles. The van der Waals surface area contributed by atoms with Crippen molar-refractivity contribution in [3.8, 4) is 0 Å². The quantitative estimate of drug-likeness (QED) is 0.917. The van der Waals surface area contributed by atoms with Gasteiger partial charge in [0.1, 0.15) is 0 Å². The maximum atomic E-state index is 12.8. The van der Waals surface area contributed by atoms with Gasteiger partial charge in [-0.15, -0.1) is 0 Å². The maximum absolute atomic E-state index is 12.8. The zero-order valence-corrected chi connectivity index (χ0v) is 12.6. The van der Waals surface area contributed by atoms with E-state index in [1.165, 1.54) is 0 Å². The van der Waals surface area contributed by atoms with Crippen molar-refractivity contribution in [2.45, 2.75) is 50.2 Å². The first kappa shape index (κ1) is 14.2. The smallest absolute Gasteiger partial charge is 0.292 e. The van der Waals surface area contributed by atoms with Crippen molar-refractivity contribution >= 4 is 5.91 Å². The van der Waals surface area contributed by atoms with Crippen LogP contribution in [0.15, 0.2) is 10.6 Å². The third-order valence-corrected chi connectivity index (χ3v) is 5.19. The Kier molecular flexibility index (Phi) is 3.66. The Balaban J connectivity index is 1.53. The van der Waals surface area contributed by atoms with Crippen LogP contribution < -0.4 is 0 Å². The van der Waals surface area contributed by atoms with Crippen LogP contribution in [0.2, 0.25) is 0 Å². The molecule has 0 radical (unpaired) electrons. The molecule has 2 aliphatic carbocycles. The van der Waals surface area contributed by atoms with Gasteiger partial charge in [-0.05, 0) is 25.7 Å². The van der Waals surface area contributed by atoms with Crippen LogP contribution in [0.25, 0.3) is 0 Å². The monoisotopic (exact) mass is 306 g/mol. The van der Waals surface area contributed by atoms with Crippen LogP contribution in [-0.4, -0.2) is 53.0 Å². The number of morpholine rings is 1. The van der Waals surface area contributed by atoms with E-state index in [0.29, 0.717) is 31.4 Å². The highest BCUT2D eigenvalue weighted by Crippen LogP contribution is 2.39. The van der Waals surface area contributed by atoms with Crippen molar-refractivity contribution < 1.29 is 19.2 Å². The van der Waals surface area contributed by atoms with E-state index >= 15 is 0 Å². The molecule has 1 saturated heterocycles. The van der Waals surface area contributed by atoms with Gasteiger partial charge < -0.3 is 19.3 Å². The van der Waals surface area contributed by atoms with E-state index in [1.54, 1.807) is 6.07 Å². The lowest BCUT2D eigenvalue weighted by Gasteiger charge is -2.39. The highest BCUT2D eigenvalue weighted by molar-refractivity contribution is 5.91. The van der Waals surface area contributed by atoms with Gasteiger partial charge in [0.25, 0.3) is 5.91 Å². The second-order valence-electron chi connectivity index (χ2n) is 6.69. The molecule has 0 spiro atoms. The average molecular weight is 306 g/mol. The molecule has 6 heteroatoms. The van der Waals surface area contributed by atoms with Crippen LogP contribution in [-0.2, 0) is 4.74 Å². The summed E-state index contributed by atoms with van der Waals surface area (Å²) < 4.78 is 10.8. The van der Waals surface area contributed by atoms with Gasteiger partial charge in [0, 0.05) is 24.4 Å². The summed E-state index contributed by atoms with van der Waals surface area (Å²) in [4.78, 5) is 14.6. The minimum Gasteiger partial charge on any atom is -0.393 e. The van der Waals surface area contributed by atoms with Gasteiger partial charge in [-0.3, -0.25) is 4.79 Å². The SMILES string of the molecule is O=C(c1cc(C2CC2)no1)N1CCOC[C@@H]1[C@@H]1CCC[C@@H]1O. The third-order valence-electron chi connectivity index (χ3n) is 5.19. The fraction of sp³-hybridized carbons (Fsp3) is 0.750. The summed E-state index contributed by atoms with van der Waals surface area (Å²) in [6, 6.07) is 1.73. The second-order valence-corrected chi connectivity index (χ2v) is 6.69. The van der Waals surface area contributed by atoms with Crippen LogP contribution in [0.3, 0.4) is 0 Å². The number of aromatic nitrogens is 1. The summed E-state index contributed by atoms with van der Waals surface area (Å²) in [6.45, 7) is 1.58. The lowest BCUT2D eigenvalue weighted by Crippen LogP contribution is -2.53. The Morgan fingerprint density at radius 3 is 2.91 bits per heavy atom. The van der Waals surface area contributed by atoms with Crippen molar-refractivity contribution in [3.05, 3.63) is 17.5 Å². The topological polar surface area (TPSA) is 75.8 Å². The standard InChI is InChI=1S/C16H22N2O4/c19-14-3-1-2-11(14)13-9-21-7-6-18(13)16(20)15-8-12(17-22-15)10-4-5-10/h8,10-11,13-14,19H,1-7,9H2/t11-,13+,14-/m0/s1. The predicted molar refractivity (Wildman–Crippen MR) is 77.5 cm³/mol. The number of carbonyl (C=O) groups excluding carboxylic acids is 1. The van der Waals surface area contributed by atoms with Crippen molar-refractivity contribution in [3.63, 3.8) is 0 Å². The van der Waals surface area contributed by atoms with Crippen LogP contribution in [0.5, 0.6) is 0 Å². The Morgan fingerprint density at radius 2 is 2.18 bits per heavy atom. The third kappa shape index (κ3) is 2.54. The summed E-state index contributed by atoms with van der Waals surface area (Å²) in [5.41, 5.74) is 0.897. The van der Waals surface area contributed by atoms with Crippen LogP contribution in [0, 0.1) is 5.92 Å². The van der Waals surface area contributed by atoms with E-state index in [0.717, 1.165) is 37.8 Å². The predicted octanol–water partition coefficient (Wildman–Crippen LogP) is 1.55. The largest absolute Gasteiger partial charge is 0.393 e. The molecule has 3 aliphatic rings. The van der Waals surface area contributed by atoms with Gasteiger partial charge in [-0.2, -0.15) is 0 Å². The van der Waals surface area contributed by atoms with Crippen LogP contribution in [0.4, 0.5) is 0 Å². The van der Waals surface area contributed by atoms with E-state index in [-0.39, 0.29) is 24.0 Å². The first-order valence-corrected chi connectivity index (χ1v) is 8.27. The average Bonchev–Trinajstić information content (AvgIpc) is 3.11. The number of aliphatic hydroxyl groups excluding tert-OH is 1. The van der Waals surface area contributed by atoms with Gasteiger partial charge in [0.2, 0.25) is 5.76 Å². The molecule has 0 aromatic carbocycles. The Bertz CT molecular complexity index is 554. The van der Waals surface area contributed by atoms with Gasteiger partial charge in [0.05, 0.1) is 31.1 Å². The van der Waals surface area contributed by atoms with Crippen molar-refractivity contribution in [2.75, 3.05) is 19.8 Å². The van der Waals surface area contributed by atoms with E-state index in [2.05, 4.69) is 5.16 Å². The van der Waals surface area contributed by atoms with Gasteiger partial charge in [-0.25, -0.2) is 0 Å². The molecule has 0 unspecified atom stereocenters. The number of nitrogens with zero attached hydrogens (tertiary/aromatic N) is 2. The van der Waals surface area contributed by atoms with E-state index in [9.17, 15) is 9.90 Å². The highest BCUT2D eigenvalue weighted by Gasteiger charge is 2.40. The lowest BCUT2D eigenvalue weighted by atomic mass is 9.94. The van der Waals surface area contributed by atoms with Crippen LogP contribution >= 0.6 is 0 Å². The van der Waals surface area contributed by atoms with Gasteiger partial charge in [-0.1, -0.05) is 11.6 Å². The number of aliphatic hydroxyl groups is 1. The molecule has 1 aliphatic heterocycles. The summed E-state index contributed by atoms with van der Waals surface area (Å²) in [5.74, 6) is 0.783. The van der Waals surface area contributed by atoms with Crippen molar-refractivity contribution in [1.29, 1.82) is 0 Å². The molecular formula is C16H22N2O4. The molecule has 22 heavy (non-hydrogen) atoms. The molecule has 2 saturated carbocycles. The van der Waals surface area contributed by atoms with Crippen LogP contribution in [0.1, 0.15) is 54.3 Å². The fourth-order valence-electron chi connectivity index (χ4n) is 3.75. The number of hydrogen-bond acceptors (Lipinski definition) is 5.